The molecule has 2 bridgehead atoms. The van der Waals surface area contributed by atoms with Crippen molar-refractivity contribution in [1.29, 1.82) is 0 Å². The van der Waals surface area contributed by atoms with Crippen LogP contribution >= 0.6 is 0 Å². The Morgan fingerprint density at radius 2 is 2.08 bits per heavy atom. The summed E-state index contributed by atoms with van der Waals surface area (Å²) in [6.07, 6.45) is 5.53. The Balaban J connectivity index is 1.52. The van der Waals surface area contributed by atoms with Crippen LogP contribution in [-0.4, -0.2) is 40.0 Å². The second-order valence-electron chi connectivity index (χ2n) is 7.20. The van der Waals surface area contributed by atoms with Crippen LogP contribution in [0, 0.1) is 5.82 Å². The minimum absolute atomic E-state index is 0.0470. The fourth-order valence-corrected chi connectivity index (χ4v) is 4.52. The maximum Gasteiger partial charge on any atom is 0.250 e. The maximum atomic E-state index is 13.6. The summed E-state index contributed by atoms with van der Waals surface area (Å²) in [7, 11) is 0. The van der Waals surface area contributed by atoms with E-state index in [2.05, 4.69) is 15.3 Å². The molecule has 0 aliphatic carbocycles. The number of hydrogen-bond donors (Lipinski definition) is 2. The first-order chi connectivity index (χ1) is 12.6. The summed E-state index contributed by atoms with van der Waals surface area (Å²) in [4.78, 5) is 18.5. The summed E-state index contributed by atoms with van der Waals surface area (Å²) in [6.45, 7) is 1.90. The highest BCUT2D eigenvalue weighted by atomic mass is 19.1. The first kappa shape index (κ1) is 17.2. The summed E-state index contributed by atoms with van der Waals surface area (Å²) < 4.78 is 19.9. The van der Waals surface area contributed by atoms with E-state index in [0.29, 0.717) is 23.2 Å². The largest absolute Gasteiger partial charge is 0.490 e. The van der Waals surface area contributed by atoms with E-state index in [0.717, 1.165) is 31.2 Å². The van der Waals surface area contributed by atoms with Gasteiger partial charge >= 0.3 is 0 Å². The smallest absolute Gasteiger partial charge is 0.250 e. The van der Waals surface area contributed by atoms with Crippen molar-refractivity contribution < 1.29 is 13.9 Å². The van der Waals surface area contributed by atoms with Crippen molar-refractivity contribution in [3.63, 3.8) is 0 Å². The zero-order chi connectivity index (χ0) is 18.3. The van der Waals surface area contributed by atoms with E-state index >= 15 is 0 Å². The fourth-order valence-electron chi connectivity index (χ4n) is 4.52. The van der Waals surface area contributed by atoms with Crippen LogP contribution in [0.3, 0.4) is 0 Å². The standard InChI is InChI=1S/C19H23FN4O2/c1-11(19(25)23-21)24-13-3-4-14(24)10-15(9-13)26-18-6-7-22-17-5-2-12(20)8-16(17)18/h2,5-8,11,13-15H,3-4,9-10,21H2,1H3,(H,23,25). The van der Waals surface area contributed by atoms with E-state index in [1.54, 1.807) is 18.3 Å². The molecule has 0 spiro atoms. The Bertz CT molecular complexity index is 816. The number of nitrogens with zero attached hydrogens (tertiary/aromatic N) is 2. The second kappa shape index (κ2) is 6.81. The average molecular weight is 358 g/mol. The third-order valence-corrected chi connectivity index (χ3v) is 5.67. The van der Waals surface area contributed by atoms with Crippen LogP contribution in [0.25, 0.3) is 10.9 Å². The number of carbonyl (C=O) groups excluding carboxylic acids is 1. The number of pyridine rings is 1. The predicted octanol–water partition coefficient (Wildman–Crippen LogP) is 2.13. The second-order valence-corrected chi connectivity index (χ2v) is 7.20. The molecule has 0 radical (unpaired) electrons. The predicted molar refractivity (Wildman–Crippen MR) is 95.8 cm³/mol. The Kier molecular flexibility index (Phi) is 4.50. The van der Waals surface area contributed by atoms with Crippen LogP contribution in [0.4, 0.5) is 4.39 Å². The highest BCUT2D eigenvalue weighted by Crippen LogP contribution is 2.39. The van der Waals surface area contributed by atoms with Gasteiger partial charge in [0.25, 0.3) is 5.91 Å². The zero-order valence-electron chi connectivity index (χ0n) is 14.7. The summed E-state index contributed by atoms with van der Waals surface area (Å²) in [6, 6.07) is 6.69. The average Bonchev–Trinajstić information content (AvgIpc) is 2.91. The van der Waals surface area contributed by atoms with Gasteiger partial charge in [-0.05, 0) is 56.9 Å². The number of fused-ring (bicyclic) bond motifs is 3. The molecule has 2 saturated heterocycles. The number of hydrogen-bond acceptors (Lipinski definition) is 5. The van der Waals surface area contributed by atoms with Crippen LogP contribution in [0.1, 0.15) is 32.6 Å². The third-order valence-electron chi connectivity index (χ3n) is 5.67. The molecule has 2 aliphatic heterocycles. The van der Waals surface area contributed by atoms with Gasteiger partial charge < -0.3 is 4.74 Å². The van der Waals surface area contributed by atoms with E-state index in [1.807, 2.05) is 6.92 Å². The molecule has 3 N–H and O–H groups in total. The lowest BCUT2D eigenvalue weighted by Crippen LogP contribution is -2.55. The minimum atomic E-state index is -0.299. The molecule has 6 nitrogen and oxygen atoms in total. The van der Waals surface area contributed by atoms with Gasteiger partial charge in [-0.15, -0.1) is 0 Å². The molecule has 4 rings (SSSR count). The number of nitrogens with one attached hydrogen (secondary N) is 1. The highest BCUT2D eigenvalue weighted by molar-refractivity contribution is 5.84. The van der Waals surface area contributed by atoms with Gasteiger partial charge in [-0.1, -0.05) is 0 Å². The van der Waals surface area contributed by atoms with Crippen molar-refractivity contribution in [2.75, 3.05) is 0 Å². The molecule has 2 aromatic rings. The summed E-state index contributed by atoms with van der Waals surface area (Å²) >= 11 is 0. The van der Waals surface area contributed by atoms with Gasteiger partial charge in [0.1, 0.15) is 17.7 Å². The lowest BCUT2D eigenvalue weighted by molar-refractivity contribution is -0.128. The van der Waals surface area contributed by atoms with E-state index in [4.69, 9.17) is 10.6 Å². The van der Waals surface area contributed by atoms with Gasteiger partial charge in [0, 0.05) is 23.7 Å². The van der Waals surface area contributed by atoms with E-state index < -0.39 is 0 Å². The number of carbonyl (C=O) groups is 1. The van der Waals surface area contributed by atoms with Crippen LogP contribution < -0.4 is 16.0 Å². The molecule has 2 fully saturated rings. The Morgan fingerprint density at radius 3 is 2.77 bits per heavy atom. The minimum Gasteiger partial charge on any atom is -0.490 e. The lowest BCUT2D eigenvalue weighted by Gasteiger charge is -2.41. The van der Waals surface area contributed by atoms with Gasteiger partial charge in [-0.3, -0.25) is 20.1 Å². The van der Waals surface area contributed by atoms with Gasteiger partial charge in [0.15, 0.2) is 0 Å². The number of nitrogens with two attached hydrogens (primary N) is 1. The summed E-state index contributed by atoms with van der Waals surface area (Å²) in [5.74, 6) is 5.51. The van der Waals surface area contributed by atoms with Crippen LogP contribution in [0.2, 0.25) is 0 Å². The Hall–Kier alpha value is -2.25. The van der Waals surface area contributed by atoms with E-state index in [-0.39, 0.29) is 23.9 Å². The van der Waals surface area contributed by atoms with Gasteiger partial charge in [-0.25, -0.2) is 10.2 Å². The molecule has 3 unspecified atom stereocenters. The summed E-state index contributed by atoms with van der Waals surface area (Å²) in [5.41, 5.74) is 2.97. The topological polar surface area (TPSA) is 80.5 Å². The number of ether oxygens (including phenoxy) is 1. The zero-order valence-corrected chi connectivity index (χ0v) is 14.7. The van der Waals surface area contributed by atoms with Gasteiger partial charge in [-0.2, -0.15) is 0 Å². The molecule has 0 saturated carbocycles. The third kappa shape index (κ3) is 3.01. The van der Waals surface area contributed by atoms with Crippen LogP contribution in [-0.2, 0) is 4.79 Å². The number of hydrazine groups is 1. The molecule has 138 valence electrons. The van der Waals surface area contributed by atoms with Crippen molar-refractivity contribution >= 4 is 16.8 Å². The summed E-state index contributed by atoms with van der Waals surface area (Å²) in [5, 5.41) is 0.693. The van der Waals surface area contributed by atoms with E-state index in [1.165, 1.54) is 12.1 Å². The maximum absolute atomic E-state index is 13.6. The molecule has 3 atom stereocenters. The Morgan fingerprint density at radius 1 is 1.35 bits per heavy atom. The van der Waals surface area contributed by atoms with Crippen LogP contribution in [0.15, 0.2) is 30.5 Å². The van der Waals surface area contributed by atoms with Crippen molar-refractivity contribution in [2.24, 2.45) is 5.84 Å². The quantitative estimate of drug-likeness (QED) is 0.497. The normalized spacial score (nSPS) is 26.7. The molecule has 7 heteroatoms. The van der Waals surface area contributed by atoms with Crippen molar-refractivity contribution in [3.8, 4) is 5.75 Å². The number of piperidine rings is 1. The monoisotopic (exact) mass is 358 g/mol. The van der Waals surface area contributed by atoms with Crippen molar-refractivity contribution in [1.82, 2.24) is 15.3 Å². The number of halogens is 1. The molecular formula is C19H23FN4O2. The van der Waals surface area contributed by atoms with Gasteiger partial charge in [0.2, 0.25) is 0 Å². The Labute approximate surface area is 151 Å². The van der Waals surface area contributed by atoms with Crippen molar-refractivity contribution in [3.05, 3.63) is 36.3 Å². The molecule has 2 aliphatic rings. The molecule has 1 aromatic carbocycles. The van der Waals surface area contributed by atoms with E-state index in [9.17, 15) is 9.18 Å². The number of aromatic nitrogens is 1. The molecule has 26 heavy (non-hydrogen) atoms. The fraction of sp³-hybridized carbons (Fsp3) is 0.474. The molecule has 1 aromatic heterocycles. The number of rotatable bonds is 4. The molecular weight excluding hydrogens is 335 g/mol. The number of amides is 1. The van der Waals surface area contributed by atoms with Gasteiger partial charge in [0.05, 0.1) is 11.6 Å². The highest BCUT2D eigenvalue weighted by Gasteiger charge is 2.45. The number of benzene rings is 1. The van der Waals surface area contributed by atoms with Crippen LogP contribution in [0.5, 0.6) is 5.75 Å². The molecule has 1 amide bonds. The lowest BCUT2D eigenvalue weighted by atomic mass is 9.97. The first-order valence-electron chi connectivity index (χ1n) is 9.05. The molecule has 3 heterocycles. The first-order valence-corrected chi connectivity index (χ1v) is 9.05. The SMILES string of the molecule is CC(C(=O)NN)N1C2CCC1CC(Oc1ccnc3ccc(F)cc13)C2. The van der Waals surface area contributed by atoms with Crippen molar-refractivity contribution in [2.45, 2.75) is 56.8 Å².